The van der Waals surface area contributed by atoms with Crippen LogP contribution in [0.5, 0.6) is 0 Å². The average Bonchev–Trinajstić information content (AvgIpc) is 2.42. The summed E-state index contributed by atoms with van der Waals surface area (Å²) in [7, 11) is 0. The largest absolute Gasteiger partial charge is 0.303 e. The lowest BCUT2D eigenvalue weighted by atomic mass is 10.1. The van der Waals surface area contributed by atoms with Crippen LogP contribution in [0.4, 0.5) is 4.39 Å². The molecule has 18 heavy (non-hydrogen) atoms. The van der Waals surface area contributed by atoms with Crippen molar-refractivity contribution < 1.29 is 4.39 Å². The van der Waals surface area contributed by atoms with Gasteiger partial charge in [0.25, 0.3) is 0 Å². The maximum absolute atomic E-state index is 12.7. The van der Waals surface area contributed by atoms with Crippen LogP contribution in [0.1, 0.15) is 25.7 Å². The SMILES string of the molecule is Fc1ccc(SCCCCN2CC[CH]CC2)cc1. The van der Waals surface area contributed by atoms with Crippen LogP contribution in [0.2, 0.25) is 0 Å². The molecule has 1 saturated heterocycles. The van der Waals surface area contributed by atoms with E-state index < -0.39 is 0 Å². The molecule has 3 heteroatoms. The number of nitrogens with zero attached hydrogens (tertiary/aromatic N) is 1. The van der Waals surface area contributed by atoms with E-state index in [1.165, 1.54) is 62.3 Å². The molecule has 1 aliphatic heterocycles. The summed E-state index contributed by atoms with van der Waals surface area (Å²) < 4.78 is 12.7. The number of unbranched alkanes of at least 4 members (excludes halogenated alkanes) is 1. The molecule has 1 aromatic rings. The second kappa shape index (κ2) is 7.80. The summed E-state index contributed by atoms with van der Waals surface area (Å²) in [4.78, 5) is 3.73. The van der Waals surface area contributed by atoms with E-state index in [4.69, 9.17) is 0 Å². The normalized spacial score (nSPS) is 16.9. The van der Waals surface area contributed by atoms with Gasteiger partial charge in [0.1, 0.15) is 5.82 Å². The molecule has 1 aliphatic rings. The molecule has 99 valence electrons. The van der Waals surface area contributed by atoms with E-state index >= 15 is 0 Å². The zero-order chi connectivity index (χ0) is 12.6. The maximum atomic E-state index is 12.7. The lowest BCUT2D eigenvalue weighted by Gasteiger charge is -2.26. The van der Waals surface area contributed by atoms with Crippen molar-refractivity contribution in [3.63, 3.8) is 0 Å². The Hall–Kier alpha value is -0.540. The van der Waals surface area contributed by atoms with E-state index in [9.17, 15) is 4.39 Å². The van der Waals surface area contributed by atoms with Gasteiger partial charge < -0.3 is 4.90 Å². The van der Waals surface area contributed by atoms with Gasteiger partial charge in [-0.2, -0.15) is 0 Å². The molecule has 0 aliphatic carbocycles. The molecule has 0 atom stereocenters. The van der Waals surface area contributed by atoms with Crippen molar-refractivity contribution in [3.05, 3.63) is 36.5 Å². The van der Waals surface area contributed by atoms with Crippen molar-refractivity contribution in [2.24, 2.45) is 0 Å². The third-order valence-corrected chi connectivity index (χ3v) is 4.35. The van der Waals surface area contributed by atoms with Crippen LogP contribution < -0.4 is 0 Å². The van der Waals surface area contributed by atoms with Crippen LogP contribution in [0.25, 0.3) is 0 Å². The van der Waals surface area contributed by atoms with Gasteiger partial charge in [0.05, 0.1) is 0 Å². The molecular weight excluding hydrogens is 245 g/mol. The fourth-order valence-corrected chi connectivity index (χ4v) is 3.10. The molecule has 1 aromatic carbocycles. The van der Waals surface area contributed by atoms with Gasteiger partial charge in [-0.25, -0.2) is 4.39 Å². The molecule has 0 unspecified atom stereocenters. The first-order valence-corrected chi connectivity index (χ1v) is 7.75. The third kappa shape index (κ3) is 4.99. The van der Waals surface area contributed by atoms with Crippen molar-refractivity contribution in [3.8, 4) is 0 Å². The molecular formula is C15H21FNS. The number of hydrogen-bond donors (Lipinski definition) is 0. The fraction of sp³-hybridized carbons (Fsp3) is 0.533. The summed E-state index contributed by atoms with van der Waals surface area (Å²) in [5, 5.41) is 0. The van der Waals surface area contributed by atoms with Gasteiger partial charge in [0, 0.05) is 4.90 Å². The van der Waals surface area contributed by atoms with Crippen LogP contribution in [-0.2, 0) is 0 Å². The molecule has 1 radical (unpaired) electrons. The van der Waals surface area contributed by atoms with Crippen LogP contribution in [-0.4, -0.2) is 30.3 Å². The lowest BCUT2D eigenvalue weighted by molar-refractivity contribution is 0.251. The van der Waals surface area contributed by atoms with E-state index in [-0.39, 0.29) is 5.82 Å². The van der Waals surface area contributed by atoms with Gasteiger partial charge in [-0.1, -0.05) is 0 Å². The molecule has 2 rings (SSSR count). The Labute approximate surface area is 114 Å². The molecule has 1 fully saturated rings. The highest BCUT2D eigenvalue weighted by atomic mass is 32.2. The fourth-order valence-electron chi connectivity index (χ4n) is 2.19. The van der Waals surface area contributed by atoms with E-state index in [1.54, 1.807) is 0 Å². The number of rotatable bonds is 6. The summed E-state index contributed by atoms with van der Waals surface area (Å²) >= 11 is 1.82. The molecule has 0 bridgehead atoms. The molecule has 0 spiro atoms. The van der Waals surface area contributed by atoms with Gasteiger partial charge >= 0.3 is 0 Å². The number of likely N-dealkylation sites (tertiary alicyclic amines) is 1. The summed E-state index contributed by atoms with van der Waals surface area (Å²) in [5.41, 5.74) is 0. The van der Waals surface area contributed by atoms with Crippen LogP contribution in [0, 0.1) is 12.2 Å². The average molecular weight is 266 g/mol. The zero-order valence-electron chi connectivity index (χ0n) is 10.8. The predicted octanol–water partition coefficient (Wildman–Crippen LogP) is 4.00. The molecule has 0 aromatic heterocycles. The molecule has 1 nitrogen and oxygen atoms in total. The van der Waals surface area contributed by atoms with Crippen molar-refractivity contribution in [2.45, 2.75) is 30.6 Å². The van der Waals surface area contributed by atoms with Crippen LogP contribution >= 0.6 is 11.8 Å². The summed E-state index contributed by atoms with van der Waals surface area (Å²) in [6.45, 7) is 3.72. The Bertz CT molecular complexity index is 333. The Kier molecular flexibility index (Phi) is 6.01. The highest BCUT2D eigenvalue weighted by Gasteiger charge is 2.08. The van der Waals surface area contributed by atoms with Gasteiger partial charge in [-0.15, -0.1) is 11.8 Å². The molecule has 1 heterocycles. The quantitative estimate of drug-likeness (QED) is 0.565. The minimum absolute atomic E-state index is 0.152. The first kappa shape index (κ1) is 13.9. The summed E-state index contributed by atoms with van der Waals surface area (Å²) in [6.07, 6.45) is 7.41. The highest BCUT2D eigenvalue weighted by molar-refractivity contribution is 7.99. The minimum Gasteiger partial charge on any atom is -0.303 e. The Morgan fingerprint density at radius 1 is 1.06 bits per heavy atom. The molecule has 0 saturated carbocycles. The van der Waals surface area contributed by atoms with Crippen molar-refractivity contribution in [2.75, 3.05) is 25.4 Å². The summed E-state index contributed by atoms with van der Waals surface area (Å²) in [5.74, 6) is 0.979. The Balaban J connectivity index is 1.54. The van der Waals surface area contributed by atoms with Gasteiger partial charge in [0.15, 0.2) is 0 Å². The maximum Gasteiger partial charge on any atom is 0.123 e. The first-order valence-electron chi connectivity index (χ1n) is 6.77. The number of thioether (sulfide) groups is 1. The number of benzene rings is 1. The van der Waals surface area contributed by atoms with Gasteiger partial charge in [-0.3, -0.25) is 0 Å². The van der Waals surface area contributed by atoms with Crippen molar-refractivity contribution >= 4 is 11.8 Å². The monoisotopic (exact) mass is 266 g/mol. The zero-order valence-corrected chi connectivity index (χ0v) is 11.6. The van der Waals surface area contributed by atoms with Crippen LogP contribution in [0.3, 0.4) is 0 Å². The minimum atomic E-state index is -0.152. The highest BCUT2D eigenvalue weighted by Crippen LogP contribution is 2.19. The van der Waals surface area contributed by atoms with E-state index in [0.29, 0.717) is 0 Å². The van der Waals surface area contributed by atoms with Crippen molar-refractivity contribution in [1.82, 2.24) is 4.90 Å². The number of halogens is 1. The second-order valence-electron chi connectivity index (χ2n) is 4.72. The van der Waals surface area contributed by atoms with E-state index in [1.807, 2.05) is 23.9 Å². The first-order chi connectivity index (χ1) is 8.84. The number of piperidine rings is 1. The van der Waals surface area contributed by atoms with Gasteiger partial charge in [0.2, 0.25) is 0 Å². The number of hydrogen-bond acceptors (Lipinski definition) is 2. The van der Waals surface area contributed by atoms with E-state index in [2.05, 4.69) is 11.3 Å². The Morgan fingerprint density at radius 2 is 1.78 bits per heavy atom. The standard InChI is InChI=1S/C15H21FNS/c16-14-6-8-15(9-7-14)18-13-5-4-12-17-10-2-1-3-11-17/h1,6-9H,2-5,10-13H2. The third-order valence-electron chi connectivity index (χ3n) is 3.25. The van der Waals surface area contributed by atoms with E-state index in [0.717, 1.165) is 5.75 Å². The van der Waals surface area contributed by atoms with Gasteiger partial charge in [-0.05, 0) is 81.8 Å². The molecule has 0 amide bonds. The summed E-state index contributed by atoms with van der Waals surface area (Å²) in [6, 6.07) is 6.79. The second-order valence-corrected chi connectivity index (χ2v) is 5.89. The lowest BCUT2D eigenvalue weighted by Crippen LogP contribution is -2.30. The smallest absolute Gasteiger partial charge is 0.123 e. The predicted molar refractivity (Wildman–Crippen MR) is 76.3 cm³/mol. The topological polar surface area (TPSA) is 3.24 Å². The Morgan fingerprint density at radius 3 is 2.50 bits per heavy atom. The molecule has 0 N–H and O–H groups in total. The van der Waals surface area contributed by atoms with Crippen LogP contribution in [0.15, 0.2) is 29.2 Å². The van der Waals surface area contributed by atoms with Crippen molar-refractivity contribution in [1.29, 1.82) is 0 Å².